The highest BCUT2D eigenvalue weighted by Crippen LogP contribution is 2.29. The van der Waals surface area contributed by atoms with E-state index >= 15 is 0 Å². The van der Waals surface area contributed by atoms with Gasteiger partial charge in [-0.25, -0.2) is 0 Å². The number of halogens is 2. The maximum atomic E-state index is 6.28. The zero-order valence-corrected chi connectivity index (χ0v) is 13.0. The third-order valence-corrected chi connectivity index (χ3v) is 4.09. The second kappa shape index (κ2) is 5.92. The average Bonchev–Trinajstić information content (AvgIpc) is 2.84. The maximum Gasteiger partial charge on any atom is 0.0958 e. The van der Waals surface area contributed by atoms with Gasteiger partial charge in [0.05, 0.1) is 5.69 Å². The van der Waals surface area contributed by atoms with Crippen molar-refractivity contribution in [3.05, 3.63) is 75.4 Å². The number of rotatable bonds is 3. The van der Waals surface area contributed by atoms with Crippen LogP contribution >= 0.6 is 23.2 Å². The lowest BCUT2D eigenvalue weighted by Gasteiger charge is -2.07. The molecule has 0 aliphatic heterocycles. The third kappa shape index (κ3) is 2.97. The molecule has 0 unspecified atom stereocenters. The summed E-state index contributed by atoms with van der Waals surface area (Å²) in [7, 11) is 0. The first-order valence-electron chi connectivity index (χ1n) is 6.68. The van der Waals surface area contributed by atoms with Crippen LogP contribution in [0.3, 0.4) is 0 Å². The number of aromatic nitrogens is 2. The predicted molar refractivity (Wildman–Crippen MR) is 88.0 cm³/mol. The van der Waals surface area contributed by atoms with Crippen molar-refractivity contribution in [3.8, 4) is 11.3 Å². The summed E-state index contributed by atoms with van der Waals surface area (Å²) in [4.78, 5) is 0. The molecule has 0 atom stereocenters. The van der Waals surface area contributed by atoms with Crippen molar-refractivity contribution in [1.82, 2.24) is 10.2 Å². The van der Waals surface area contributed by atoms with Gasteiger partial charge in [-0.05, 0) is 24.6 Å². The van der Waals surface area contributed by atoms with Crippen LogP contribution in [0.15, 0.2) is 48.5 Å². The van der Waals surface area contributed by atoms with Crippen LogP contribution in [-0.4, -0.2) is 10.2 Å². The Morgan fingerprint density at radius 1 is 1.05 bits per heavy atom. The lowest BCUT2D eigenvalue weighted by Crippen LogP contribution is -1.93. The number of benzene rings is 2. The number of aryl methyl sites for hydroxylation is 1. The van der Waals surface area contributed by atoms with E-state index in [1.807, 2.05) is 37.3 Å². The Morgan fingerprint density at radius 3 is 2.52 bits per heavy atom. The molecule has 21 heavy (non-hydrogen) atoms. The molecule has 0 aliphatic carbocycles. The molecular weight excluding hydrogens is 303 g/mol. The molecule has 0 aliphatic rings. The average molecular weight is 317 g/mol. The van der Waals surface area contributed by atoms with Crippen LogP contribution in [0.4, 0.5) is 0 Å². The zero-order chi connectivity index (χ0) is 14.8. The summed E-state index contributed by atoms with van der Waals surface area (Å²) in [6.45, 7) is 2.03. The molecule has 1 heterocycles. The third-order valence-electron chi connectivity index (χ3n) is 3.50. The van der Waals surface area contributed by atoms with Crippen molar-refractivity contribution < 1.29 is 0 Å². The van der Waals surface area contributed by atoms with E-state index in [0.717, 1.165) is 34.5 Å². The summed E-state index contributed by atoms with van der Waals surface area (Å²) in [6, 6.07) is 15.7. The van der Waals surface area contributed by atoms with Crippen LogP contribution in [-0.2, 0) is 6.42 Å². The van der Waals surface area contributed by atoms with E-state index < -0.39 is 0 Å². The minimum absolute atomic E-state index is 0.649. The van der Waals surface area contributed by atoms with E-state index in [0.29, 0.717) is 10.0 Å². The minimum Gasteiger partial charge on any atom is -0.282 e. The van der Waals surface area contributed by atoms with E-state index in [1.165, 1.54) is 0 Å². The van der Waals surface area contributed by atoms with Crippen molar-refractivity contribution in [1.29, 1.82) is 0 Å². The Hall–Kier alpha value is -1.77. The molecule has 0 bridgehead atoms. The first-order chi connectivity index (χ1) is 10.1. The number of hydrogen-bond acceptors (Lipinski definition) is 1. The number of nitrogens with zero attached hydrogens (tertiary/aromatic N) is 1. The highest BCUT2D eigenvalue weighted by atomic mass is 35.5. The van der Waals surface area contributed by atoms with Gasteiger partial charge in [0.25, 0.3) is 0 Å². The van der Waals surface area contributed by atoms with Gasteiger partial charge in [0.2, 0.25) is 0 Å². The van der Waals surface area contributed by atoms with Gasteiger partial charge in [-0.3, -0.25) is 5.10 Å². The molecule has 4 heteroatoms. The summed E-state index contributed by atoms with van der Waals surface area (Å²) < 4.78 is 0. The van der Waals surface area contributed by atoms with Gasteiger partial charge in [-0.15, -0.1) is 0 Å². The molecule has 0 fully saturated rings. The van der Waals surface area contributed by atoms with Gasteiger partial charge >= 0.3 is 0 Å². The number of nitrogens with one attached hydrogen (secondary N) is 1. The molecule has 0 saturated carbocycles. The first kappa shape index (κ1) is 14.2. The Morgan fingerprint density at radius 2 is 1.81 bits per heavy atom. The van der Waals surface area contributed by atoms with Crippen LogP contribution in [0.2, 0.25) is 10.0 Å². The standard InChI is InChI=1S/C17H14Cl2N2/c1-11-15(9-13-7-8-14(18)10-16(13)19)17(21-20-11)12-5-3-2-4-6-12/h2-8,10H,9H2,1H3,(H,20,21). The van der Waals surface area contributed by atoms with Gasteiger partial charge in [0.1, 0.15) is 0 Å². The summed E-state index contributed by atoms with van der Waals surface area (Å²) in [5.74, 6) is 0. The van der Waals surface area contributed by atoms with Gasteiger partial charge in [-0.2, -0.15) is 5.10 Å². The minimum atomic E-state index is 0.649. The van der Waals surface area contributed by atoms with E-state index in [1.54, 1.807) is 6.07 Å². The summed E-state index contributed by atoms with van der Waals surface area (Å²) >= 11 is 12.2. The Kier molecular flexibility index (Phi) is 4.00. The van der Waals surface area contributed by atoms with E-state index in [4.69, 9.17) is 23.2 Å². The Bertz CT molecular complexity index is 764. The molecule has 0 saturated heterocycles. The topological polar surface area (TPSA) is 28.7 Å². The molecule has 0 amide bonds. The van der Waals surface area contributed by atoms with Crippen LogP contribution < -0.4 is 0 Å². The fraction of sp³-hybridized carbons (Fsp3) is 0.118. The Labute approximate surface area is 133 Å². The lowest BCUT2D eigenvalue weighted by atomic mass is 9.99. The number of H-pyrrole nitrogens is 1. The molecular formula is C17H14Cl2N2. The summed E-state index contributed by atoms with van der Waals surface area (Å²) in [5.41, 5.74) is 5.33. The van der Waals surface area contributed by atoms with Crippen molar-refractivity contribution >= 4 is 23.2 Å². The molecule has 0 spiro atoms. The molecule has 2 nitrogen and oxygen atoms in total. The SMILES string of the molecule is Cc1[nH]nc(-c2ccccc2)c1Cc1ccc(Cl)cc1Cl. The molecule has 3 rings (SSSR count). The van der Waals surface area contributed by atoms with Crippen molar-refractivity contribution in [2.24, 2.45) is 0 Å². The smallest absolute Gasteiger partial charge is 0.0958 e. The molecule has 1 aromatic heterocycles. The highest BCUT2D eigenvalue weighted by molar-refractivity contribution is 6.35. The Balaban J connectivity index is 2.01. The monoisotopic (exact) mass is 316 g/mol. The maximum absolute atomic E-state index is 6.28. The second-order valence-electron chi connectivity index (χ2n) is 4.95. The summed E-state index contributed by atoms with van der Waals surface area (Å²) in [5, 5.41) is 8.83. The van der Waals surface area contributed by atoms with Crippen LogP contribution in [0, 0.1) is 6.92 Å². The molecule has 106 valence electrons. The fourth-order valence-electron chi connectivity index (χ4n) is 2.36. The van der Waals surface area contributed by atoms with E-state index in [2.05, 4.69) is 22.3 Å². The highest BCUT2D eigenvalue weighted by Gasteiger charge is 2.14. The van der Waals surface area contributed by atoms with Gasteiger partial charge < -0.3 is 0 Å². The zero-order valence-electron chi connectivity index (χ0n) is 11.5. The van der Waals surface area contributed by atoms with E-state index in [9.17, 15) is 0 Å². The van der Waals surface area contributed by atoms with Crippen molar-refractivity contribution in [3.63, 3.8) is 0 Å². The fourth-order valence-corrected chi connectivity index (χ4v) is 2.83. The normalized spacial score (nSPS) is 10.8. The van der Waals surface area contributed by atoms with Gasteiger partial charge in [0.15, 0.2) is 0 Å². The number of aromatic amines is 1. The molecule has 0 radical (unpaired) electrons. The van der Waals surface area contributed by atoms with E-state index in [-0.39, 0.29) is 0 Å². The largest absolute Gasteiger partial charge is 0.282 e. The molecule has 1 N–H and O–H groups in total. The number of hydrogen-bond donors (Lipinski definition) is 1. The predicted octanol–water partition coefficient (Wildman–Crippen LogP) is 5.28. The van der Waals surface area contributed by atoms with Crippen LogP contribution in [0.5, 0.6) is 0 Å². The van der Waals surface area contributed by atoms with Crippen LogP contribution in [0.25, 0.3) is 11.3 Å². The summed E-state index contributed by atoms with van der Waals surface area (Å²) in [6.07, 6.45) is 0.725. The first-order valence-corrected chi connectivity index (χ1v) is 7.44. The van der Waals surface area contributed by atoms with Gasteiger partial charge in [-0.1, -0.05) is 59.6 Å². The molecule has 3 aromatic rings. The van der Waals surface area contributed by atoms with Crippen molar-refractivity contribution in [2.75, 3.05) is 0 Å². The van der Waals surface area contributed by atoms with Crippen LogP contribution in [0.1, 0.15) is 16.8 Å². The molecule has 2 aromatic carbocycles. The van der Waals surface area contributed by atoms with Crippen molar-refractivity contribution in [2.45, 2.75) is 13.3 Å². The lowest BCUT2D eigenvalue weighted by molar-refractivity contribution is 1.04. The quantitative estimate of drug-likeness (QED) is 0.699. The van der Waals surface area contributed by atoms with Gasteiger partial charge in [0, 0.05) is 33.3 Å². The second-order valence-corrected chi connectivity index (χ2v) is 5.80.